The molecule has 0 N–H and O–H groups in total. The van der Waals surface area contributed by atoms with Crippen LogP contribution in [0.2, 0.25) is 5.02 Å². The van der Waals surface area contributed by atoms with Gasteiger partial charge in [0.1, 0.15) is 0 Å². The zero-order chi connectivity index (χ0) is 11.3. The molecular formula is C12H10ClNO2. The predicted octanol–water partition coefficient (Wildman–Crippen LogP) is 2.03. The van der Waals surface area contributed by atoms with Gasteiger partial charge in [0.25, 0.3) is 0 Å². The second kappa shape index (κ2) is 3.32. The Balaban J connectivity index is 2.10. The van der Waals surface area contributed by atoms with E-state index in [9.17, 15) is 9.59 Å². The summed E-state index contributed by atoms with van der Waals surface area (Å²) in [5.74, 6) is 0.119. The molecule has 1 aromatic rings. The second-order valence-corrected chi connectivity index (χ2v) is 4.68. The van der Waals surface area contributed by atoms with E-state index in [1.807, 2.05) is 6.07 Å². The summed E-state index contributed by atoms with van der Waals surface area (Å²) in [7, 11) is 0. The van der Waals surface area contributed by atoms with E-state index >= 15 is 0 Å². The van der Waals surface area contributed by atoms with Gasteiger partial charge < -0.3 is 4.90 Å². The molecule has 1 atom stereocenters. The molecule has 0 bridgehead atoms. The molecule has 1 fully saturated rings. The molecule has 0 spiro atoms. The van der Waals surface area contributed by atoms with Crippen molar-refractivity contribution in [2.75, 3.05) is 0 Å². The fraction of sp³-hybridized carbons (Fsp3) is 0.333. The summed E-state index contributed by atoms with van der Waals surface area (Å²) in [6.07, 6.45) is 1.13. The number of Topliss-reactive ketones (excluding diaryl/α,β-unsaturated/α-hetero) is 1. The van der Waals surface area contributed by atoms with E-state index in [0.29, 0.717) is 30.0 Å². The Kier molecular flexibility index (Phi) is 2.04. The fourth-order valence-electron chi connectivity index (χ4n) is 2.48. The molecule has 2 aliphatic heterocycles. The lowest BCUT2D eigenvalue weighted by Gasteiger charge is -2.30. The van der Waals surface area contributed by atoms with Crippen molar-refractivity contribution < 1.29 is 9.59 Å². The molecule has 82 valence electrons. The molecule has 16 heavy (non-hydrogen) atoms. The van der Waals surface area contributed by atoms with Crippen molar-refractivity contribution in [3.8, 4) is 0 Å². The summed E-state index contributed by atoms with van der Waals surface area (Å²) in [5, 5.41) is 0.574. The minimum absolute atomic E-state index is 0.0367. The first-order valence-corrected chi connectivity index (χ1v) is 5.67. The Morgan fingerprint density at radius 2 is 2.12 bits per heavy atom. The lowest BCUT2D eigenvalue weighted by atomic mass is 9.93. The van der Waals surface area contributed by atoms with Crippen LogP contribution in [0.3, 0.4) is 0 Å². The fourth-order valence-corrected chi connectivity index (χ4v) is 2.66. The van der Waals surface area contributed by atoms with Crippen LogP contribution in [-0.2, 0) is 11.3 Å². The second-order valence-electron chi connectivity index (χ2n) is 4.24. The summed E-state index contributed by atoms with van der Waals surface area (Å²) in [4.78, 5) is 25.4. The van der Waals surface area contributed by atoms with Crippen molar-refractivity contribution in [2.45, 2.75) is 25.4 Å². The number of benzene rings is 1. The highest BCUT2D eigenvalue weighted by Crippen LogP contribution is 2.32. The third-order valence-corrected chi connectivity index (χ3v) is 3.54. The maximum atomic E-state index is 12.1. The van der Waals surface area contributed by atoms with Gasteiger partial charge in [0.05, 0.1) is 6.04 Å². The number of halogens is 1. The van der Waals surface area contributed by atoms with Gasteiger partial charge in [-0.2, -0.15) is 0 Å². The first kappa shape index (κ1) is 9.85. The smallest absolute Gasteiger partial charge is 0.223 e. The van der Waals surface area contributed by atoms with Crippen LogP contribution in [0.5, 0.6) is 0 Å². The van der Waals surface area contributed by atoms with Gasteiger partial charge in [-0.05, 0) is 24.1 Å². The van der Waals surface area contributed by atoms with E-state index < -0.39 is 0 Å². The number of hydrogen-bond acceptors (Lipinski definition) is 2. The third kappa shape index (κ3) is 1.28. The van der Waals surface area contributed by atoms with Crippen molar-refractivity contribution in [3.05, 3.63) is 34.3 Å². The maximum absolute atomic E-state index is 12.1. The molecule has 3 rings (SSSR count). The van der Waals surface area contributed by atoms with Gasteiger partial charge in [-0.3, -0.25) is 9.59 Å². The molecule has 0 saturated carbocycles. The molecule has 2 heterocycles. The normalized spacial score (nSPS) is 23.3. The van der Waals surface area contributed by atoms with Crippen molar-refractivity contribution in [1.82, 2.24) is 4.90 Å². The van der Waals surface area contributed by atoms with Crippen LogP contribution in [-0.4, -0.2) is 22.6 Å². The van der Waals surface area contributed by atoms with Crippen LogP contribution in [0.15, 0.2) is 18.2 Å². The number of carbonyl (C=O) groups is 2. The SMILES string of the molecule is O=C1c2cc(Cl)ccc2CN2C(=O)CCC12. The third-order valence-electron chi connectivity index (χ3n) is 3.31. The molecule has 0 aromatic heterocycles. The van der Waals surface area contributed by atoms with Crippen LogP contribution < -0.4 is 0 Å². The van der Waals surface area contributed by atoms with Crippen LogP contribution >= 0.6 is 11.6 Å². The van der Waals surface area contributed by atoms with E-state index in [2.05, 4.69) is 0 Å². The molecule has 1 unspecified atom stereocenters. The summed E-state index contributed by atoms with van der Waals surface area (Å²) >= 11 is 5.88. The van der Waals surface area contributed by atoms with Crippen LogP contribution in [0.25, 0.3) is 0 Å². The van der Waals surface area contributed by atoms with Crippen LogP contribution in [0, 0.1) is 0 Å². The van der Waals surface area contributed by atoms with E-state index in [4.69, 9.17) is 11.6 Å². The molecule has 1 saturated heterocycles. The summed E-state index contributed by atoms with van der Waals surface area (Å²) in [6.45, 7) is 0.543. The van der Waals surface area contributed by atoms with Gasteiger partial charge in [-0.1, -0.05) is 17.7 Å². The highest BCUT2D eigenvalue weighted by molar-refractivity contribution is 6.31. The Labute approximate surface area is 98.0 Å². The molecule has 0 radical (unpaired) electrons. The van der Waals surface area contributed by atoms with E-state index in [1.54, 1.807) is 17.0 Å². The lowest BCUT2D eigenvalue weighted by Crippen LogP contribution is -2.42. The predicted molar refractivity (Wildman–Crippen MR) is 59.4 cm³/mol. The molecule has 0 aliphatic carbocycles. The average Bonchev–Trinajstić information content (AvgIpc) is 2.63. The molecule has 2 aliphatic rings. The highest BCUT2D eigenvalue weighted by atomic mass is 35.5. The van der Waals surface area contributed by atoms with Crippen molar-refractivity contribution >= 4 is 23.3 Å². The van der Waals surface area contributed by atoms with Crippen molar-refractivity contribution in [1.29, 1.82) is 0 Å². The number of amides is 1. The molecule has 1 aromatic carbocycles. The number of rotatable bonds is 0. The minimum Gasteiger partial charge on any atom is -0.328 e. The molecule has 3 nitrogen and oxygen atoms in total. The molecule has 1 amide bonds. The average molecular weight is 236 g/mol. The summed E-state index contributed by atoms with van der Waals surface area (Å²) in [5.41, 5.74) is 1.59. The van der Waals surface area contributed by atoms with E-state index in [0.717, 1.165) is 5.56 Å². The summed E-state index contributed by atoms with van der Waals surface area (Å²) < 4.78 is 0. The first-order valence-electron chi connectivity index (χ1n) is 5.29. The van der Waals surface area contributed by atoms with E-state index in [-0.39, 0.29) is 17.7 Å². The Morgan fingerprint density at radius 1 is 1.31 bits per heavy atom. The number of nitrogens with zero attached hydrogens (tertiary/aromatic N) is 1. The number of ketones is 1. The standard InChI is InChI=1S/C12H10ClNO2/c13-8-2-1-7-6-14-10(3-4-11(14)15)12(16)9(7)5-8/h1-2,5,10H,3-4,6H2. The Bertz CT molecular complexity index is 498. The van der Waals surface area contributed by atoms with Gasteiger partial charge >= 0.3 is 0 Å². The number of hydrogen-bond donors (Lipinski definition) is 0. The van der Waals surface area contributed by atoms with E-state index in [1.165, 1.54) is 0 Å². The van der Waals surface area contributed by atoms with Crippen molar-refractivity contribution in [3.63, 3.8) is 0 Å². The van der Waals surface area contributed by atoms with Gasteiger partial charge in [0, 0.05) is 23.6 Å². The van der Waals surface area contributed by atoms with Gasteiger partial charge in [-0.25, -0.2) is 0 Å². The maximum Gasteiger partial charge on any atom is 0.223 e. The largest absolute Gasteiger partial charge is 0.328 e. The minimum atomic E-state index is -0.251. The quantitative estimate of drug-likeness (QED) is 0.690. The Morgan fingerprint density at radius 3 is 2.94 bits per heavy atom. The van der Waals surface area contributed by atoms with Crippen LogP contribution in [0.1, 0.15) is 28.8 Å². The van der Waals surface area contributed by atoms with Crippen molar-refractivity contribution in [2.24, 2.45) is 0 Å². The topological polar surface area (TPSA) is 37.4 Å². The summed E-state index contributed by atoms with van der Waals surface area (Å²) in [6, 6.07) is 5.05. The number of fused-ring (bicyclic) bond motifs is 2. The van der Waals surface area contributed by atoms with Gasteiger partial charge in [-0.15, -0.1) is 0 Å². The van der Waals surface area contributed by atoms with Gasteiger partial charge in [0.2, 0.25) is 5.91 Å². The highest BCUT2D eigenvalue weighted by Gasteiger charge is 2.40. The molecule has 4 heteroatoms. The zero-order valence-electron chi connectivity index (χ0n) is 8.57. The van der Waals surface area contributed by atoms with Crippen LogP contribution in [0.4, 0.5) is 0 Å². The van der Waals surface area contributed by atoms with Gasteiger partial charge in [0.15, 0.2) is 5.78 Å². The first-order chi connectivity index (χ1) is 7.66. The lowest BCUT2D eigenvalue weighted by molar-refractivity contribution is -0.129. The Hall–Kier alpha value is -1.35. The zero-order valence-corrected chi connectivity index (χ0v) is 9.33. The number of carbonyl (C=O) groups excluding carboxylic acids is 2. The monoisotopic (exact) mass is 235 g/mol. The molecular weight excluding hydrogens is 226 g/mol.